The van der Waals surface area contributed by atoms with Crippen molar-refractivity contribution in [3.05, 3.63) is 46.3 Å². The number of nitrogens with one attached hydrogen (secondary N) is 1. The molecule has 5 heteroatoms. The second-order valence-corrected chi connectivity index (χ2v) is 8.26. The lowest BCUT2D eigenvalue weighted by atomic mass is 9.91. The van der Waals surface area contributed by atoms with Gasteiger partial charge in [0.25, 0.3) is 5.91 Å². The van der Waals surface area contributed by atoms with E-state index < -0.39 is 0 Å². The summed E-state index contributed by atoms with van der Waals surface area (Å²) in [5.41, 5.74) is 4.12. The lowest BCUT2D eigenvalue weighted by Crippen LogP contribution is -2.42. The maximum absolute atomic E-state index is 13.3. The second-order valence-electron chi connectivity index (χ2n) is 7.21. The van der Waals surface area contributed by atoms with Gasteiger partial charge in [-0.15, -0.1) is 23.7 Å². The Morgan fingerprint density at radius 1 is 1.08 bits per heavy atom. The van der Waals surface area contributed by atoms with Crippen LogP contribution in [0.5, 0.6) is 0 Å². The van der Waals surface area contributed by atoms with Crippen molar-refractivity contribution in [3.8, 4) is 10.4 Å². The van der Waals surface area contributed by atoms with Gasteiger partial charge in [0.1, 0.15) is 0 Å². The molecule has 2 bridgehead atoms. The van der Waals surface area contributed by atoms with E-state index in [2.05, 4.69) is 40.5 Å². The number of nitrogens with zero attached hydrogens (tertiary/aromatic N) is 1. The van der Waals surface area contributed by atoms with Crippen molar-refractivity contribution in [2.24, 2.45) is 0 Å². The van der Waals surface area contributed by atoms with Crippen LogP contribution in [-0.2, 0) is 12.8 Å². The molecule has 1 aromatic carbocycles. The molecule has 1 aliphatic carbocycles. The van der Waals surface area contributed by atoms with Crippen LogP contribution in [0.15, 0.2) is 30.3 Å². The molecule has 2 aromatic rings. The summed E-state index contributed by atoms with van der Waals surface area (Å²) >= 11 is 1.71. The highest BCUT2D eigenvalue weighted by Crippen LogP contribution is 2.41. The number of rotatable bonds is 1. The van der Waals surface area contributed by atoms with E-state index in [9.17, 15) is 4.79 Å². The highest BCUT2D eigenvalue weighted by molar-refractivity contribution is 7.17. The van der Waals surface area contributed by atoms with Gasteiger partial charge in [0, 0.05) is 23.5 Å². The average Bonchev–Trinajstić information content (AvgIpc) is 3.14. The molecule has 2 aliphatic heterocycles. The van der Waals surface area contributed by atoms with E-state index in [1.807, 2.05) is 0 Å². The van der Waals surface area contributed by atoms with E-state index in [1.54, 1.807) is 11.3 Å². The molecule has 2 saturated heterocycles. The topological polar surface area (TPSA) is 32.3 Å². The number of carbonyl (C=O) groups is 1. The third-order valence-electron chi connectivity index (χ3n) is 5.83. The first-order valence-corrected chi connectivity index (χ1v) is 9.87. The van der Waals surface area contributed by atoms with Crippen molar-refractivity contribution in [3.63, 3.8) is 0 Å². The van der Waals surface area contributed by atoms with Gasteiger partial charge in [-0.2, -0.15) is 0 Å². The highest BCUT2D eigenvalue weighted by Gasteiger charge is 2.39. The zero-order valence-electron chi connectivity index (χ0n) is 14.2. The molecule has 3 heterocycles. The number of aryl methyl sites for hydroxylation is 2. The summed E-state index contributed by atoms with van der Waals surface area (Å²) in [4.78, 5) is 17.7. The van der Waals surface area contributed by atoms with Gasteiger partial charge in [-0.25, -0.2) is 0 Å². The molecular formula is C20H23ClN2OS. The van der Waals surface area contributed by atoms with Crippen molar-refractivity contribution >= 4 is 29.7 Å². The molecule has 1 N–H and O–H groups in total. The molecule has 1 aromatic heterocycles. The van der Waals surface area contributed by atoms with Crippen molar-refractivity contribution in [1.82, 2.24) is 10.2 Å². The van der Waals surface area contributed by atoms with Gasteiger partial charge in [-0.05, 0) is 61.4 Å². The number of halogens is 1. The first kappa shape index (κ1) is 17.1. The lowest BCUT2D eigenvalue weighted by molar-refractivity contribution is 0.0685. The molecule has 3 aliphatic rings. The molecule has 3 nitrogen and oxygen atoms in total. The number of hydrogen-bond donors (Lipinski definition) is 1. The molecule has 2 fully saturated rings. The second kappa shape index (κ2) is 6.75. The summed E-state index contributed by atoms with van der Waals surface area (Å²) in [5, 5.41) is 3.49. The first-order valence-electron chi connectivity index (χ1n) is 9.05. The van der Waals surface area contributed by atoms with Crippen LogP contribution < -0.4 is 5.32 Å². The van der Waals surface area contributed by atoms with E-state index in [1.165, 1.54) is 28.0 Å². The van der Waals surface area contributed by atoms with Crippen LogP contribution in [0.25, 0.3) is 10.4 Å². The molecule has 132 valence electrons. The van der Waals surface area contributed by atoms with Gasteiger partial charge in [0.05, 0.1) is 4.88 Å². The average molecular weight is 375 g/mol. The summed E-state index contributed by atoms with van der Waals surface area (Å²) in [7, 11) is 0. The van der Waals surface area contributed by atoms with E-state index in [0.29, 0.717) is 12.1 Å². The predicted molar refractivity (Wildman–Crippen MR) is 105 cm³/mol. The fourth-order valence-corrected chi connectivity index (χ4v) is 5.83. The first-order chi connectivity index (χ1) is 11.8. The van der Waals surface area contributed by atoms with Gasteiger partial charge in [-0.1, -0.05) is 24.3 Å². The minimum absolute atomic E-state index is 0. The third-order valence-corrected chi connectivity index (χ3v) is 7.03. The number of hydrogen-bond acceptors (Lipinski definition) is 3. The molecule has 1 amide bonds. The minimum atomic E-state index is 0. The summed E-state index contributed by atoms with van der Waals surface area (Å²) < 4.78 is 0. The Hall–Kier alpha value is -1.36. The van der Waals surface area contributed by atoms with Gasteiger partial charge in [0.2, 0.25) is 0 Å². The van der Waals surface area contributed by atoms with Crippen LogP contribution in [0.2, 0.25) is 0 Å². The monoisotopic (exact) mass is 374 g/mol. The molecule has 0 radical (unpaired) electrons. The van der Waals surface area contributed by atoms with Gasteiger partial charge >= 0.3 is 0 Å². The van der Waals surface area contributed by atoms with Gasteiger partial charge < -0.3 is 10.2 Å². The number of benzene rings is 1. The minimum Gasteiger partial charge on any atom is -0.331 e. The number of carbonyl (C=O) groups excluding carboxylic acids is 1. The quantitative estimate of drug-likeness (QED) is 0.821. The Bertz CT molecular complexity index is 789. The van der Waals surface area contributed by atoms with E-state index in [0.717, 1.165) is 43.6 Å². The zero-order chi connectivity index (χ0) is 16.1. The maximum Gasteiger partial charge on any atom is 0.264 e. The predicted octanol–water partition coefficient (Wildman–Crippen LogP) is 3.90. The maximum atomic E-state index is 13.3. The molecule has 0 saturated carbocycles. The van der Waals surface area contributed by atoms with E-state index in [-0.39, 0.29) is 18.3 Å². The lowest BCUT2D eigenvalue weighted by Gasteiger charge is -2.27. The van der Waals surface area contributed by atoms with Crippen LogP contribution in [0, 0.1) is 0 Å². The molecule has 2 atom stereocenters. The van der Waals surface area contributed by atoms with Gasteiger partial charge in [0.15, 0.2) is 0 Å². The number of amides is 1. The van der Waals surface area contributed by atoms with Crippen LogP contribution in [-0.4, -0.2) is 36.0 Å². The van der Waals surface area contributed by atoms with Gasteiger partial charge in [-0.3, -0.25) is 4.79 Å². The normalized spacial score (nSPS) is 24.1. The van der Waals surface area contributed by atoms with Crippen molar-refractivity contribution < 1.29 is 4.79 Å². The highest BCUT2D eigenvalue weighted by atomic mass is 35.5. The number of fused-ring (bicyclic) bond motifs is 5. The fraction of sp³-hybridized carbons (Fsp3) is 0.450. The molecular weight excluding hydrogens is 352 g/mol. The molecule has 2 unspecified atom stereocenters. The summed E-state index contributed by atoms with van der Waals surface area (Å²) in [6.45, 7) is 2.00. The third kappa shape index (κ3) is 2.80. The Kier molecular flexibility index (Phi) is 4.61. The smallest absolute Gasteiger partial charge is 0.264 e. The van der Waals surface area contributed by atoms with Crippen LogP contribution in [0.3, 0.4) is 0 Å². The summed E-state index contributed by atoms with van der Waals surface area (Å²) in [6, 6.07) is 11.6. The van der Waals surface area contributed by atoms with Crippen molar-refractivity contribution in [2.75, 3.05) is 13.1 Å². The Balaban J connectivity index is 0.00000157. The Morgan fingerprint density at radius 2 is 1.88 bits per heavy atom. The van der Waals surface area contributed by atoms with Crippen LogP contribution in [0.1, 0.15) is 40.1 Å². The molecule has 0 spiro atoms. The summed E-state index contributed by atoms with van der Waals surface area (Å²) in [5.74, 6) is 0.267. The van der Waals surface area contributed by atoms with Crippen molar-refractivity contribution in [2.45, 2.75) is 44.2 Å². The zero-order valence-corrected chi connectivity index (χ0v) is 15.8. The molecule has 5 rings (SSSR count). The Labute approximate surface area is 158 Å². The van der Waals surface area contributed by atoms with E-state index >= 15 is 0 Å². The number of thiophene rings is 1. The van der Waals surface area contributed by atoms with E-state index in [4.69, 9.17) is 0 Å². The largest absolute Gasteiger partial charge is 0.331 e. The molecule has 25 heavy (non-hydrogen) atoms. The van der Waals surface area contributed by atoms with Crippen LogP contribution in [0.4, 0.5) is 0 Å². The van der Waals surface area contributed by atoms with Crippen molar-refractivity contribution in [1.29, 1.82) is 0 Å². The summed E-state index contributed by atoms with van der Waals surface area (Å²) in [6.07, 6.45) is 5.57. The fourth-order valence-electron chi connectivity index (χ4n) is 4.62. The SMILES string of the molecule is Cl.O=C(c1cc2c(s1)-c1ccccc1CC2)N1C2CCNCC1CC2. The van der Waals surface area contributed by atoms with Crippen LogP contribution >= 0.6 is 23.7 Å². The standard InChI is InChI=1S/C20H22N2OS.ClH/c23-20(22-15-7-8-16(22)12-21-10-9-15)18-11-14-6-5-13-3-1-2-4-17(13)19(14)24-18;/h1-4,11,15-16,21H,5-10,12H2;1H. The Morgan fingerprint density at radius 3 is 2.80 bits per heavy atom.